The van der Waals surface area contributed by atoms with Crippen LogP contribution < -0.4 is 5.43 Å². The smallest absolute Gasteiger partial charge is 0.0745 e. The van der Waals surface area contributed by atoms with Gasteiger partial charge < -0.3 is 5.43 Å². The first kappa shape index (κ1) is 10.8. The molecule has 0 saturated carbocycles. The molecule has 0 amide bonds. The Morgan fingerprint density at radius 3 is 2.76 bits per heavy atom. The van der Waals surface area contributed by atoms with Crippen LogP contribution in [-0.4, -0.2) is 5.71 Å². The number of halogens is 1. The van der Waals surface area contributed by atoms with Crippen LogP contribution in [0.4, 0.5) is 0 Å². The zero-order chi connectivity index (χ0) is 11.7. The predicted octanol–water partition coefficient (Wildman–Crippen LogP) is 3.73. The van der Waals surface area contributed by atoms with Crippen molar-refractivity contribution in [2.75, 3.05) is 0 Å². The lowest BCUT2D eigenvalue weighted by molar-refractivity contribution is 0.620. The van der Waals surface area contributed by atoms with E-state index in [0.717, 1.165) is 17.3 Å². The quantitative estimate of drug-likeness (QED) is 0.881. The van der Waals surface area contributed by atoms with E-state index in [1.165, 1.54) is 16.8 Å². The summed E-state index contributed by atoms with van der Waals surface area (Å²) in [7, 11) is 0. The molecule has 1 aromatic carbocycles. The number of rotatable bonds is 2. The molecule has 17 heavy (non-hydrogen) atoms. The molecule has 0 aromatic heterocycles. The Balaban J connectivity index is 1.72. The molecular formula is C14H13BrN2. The summed E-state index contributed by atoms with van der Waals surface area (Å²) in [5.74, 6) is 0. The lowest BCUT2D eigenvalue weighted by Crippen LogP contribution is -2.09. The minimum absolute atomic E-state index is 0.319. The number of benzene rings is 1. The SMILES string of the molecule is Brc1ccc(C2CC(C3=CC=CC3)=NN2)cc1. The number of allylic oxidation sites excluding steroid dienone is 4. The summed E-state index contributed by atoms with van der Waals surface area (Å²) in [6.45, 7) is 0. The van der Waals surface area contributed by atoms with Gasteiger partial charge >= 0.3 is 0 Å². The Morgan fingerprint density at radius 1 is 1.24 bits per heavy atom. The van der Waals surface area contributed by atoms with Gasteiger partial charge in [0.15, 0.2) is 0 Å². The molecule has 1 atom stereocenters. The molecule has 1 heterocycles. The second-order valence-electron chi connectivity index (χ2n) is 4.32. The Kier molecular flexibility index (Phi) is 2.85. The van der Waals surface area contributed by atoms with Gasteiger partial charge in [0.25, 0.3) is 0 Å². The van der Waals surface area contributed by atoms with Crippen LogP contribution in [0.1, 0.15) is 24.4 Å². The van der Waals surface area contributed by atoms with E-state index in [1.807, 2.05) is 0 Å². The van der Waals surface area contributed by atoms with Gasteiger partial charge in [0.1, 0.15) is 0 Å². The highest BCUT2D eigenvalue weighted by molar-refractivity contribution is 9.10. The fraction of sp³-hybridized carbons (Fsp3) is 0.214. The summed E-state index contributed by atoms with van der Waals surface area (Å²) in [6, 6.07) is 8.75. The highest BCUT2D eigenvalue weighted by atomic mass is 79.9. The van der Waals surface area contributed by atoms with E-state index >= 15 is 0 Å². The molecule has 0 radical (unpaired) electrons. The van der Waals surface area contributed by atoms with Crippen LogP contribution in [-0.2, 0) is 0 Å². The van der Waals surface area contributed by atoms with Gasteiger partial charge in [-0.15, -0.1) is 0 Å². The second kappa shape index (κ2) is 4.49. The molecule has 0 spiro atoms. The lowest BCUT2D eigenvalue weighted by atomic mass is 9.99. The third-order valence-corrected chi connectivity index (χ3v) is 3.70. The van der Waals surface area contributed by atoms with E-state index in [0.29, 0.717) is 6.04 Å². The molecule has 1 N–H and O–H groups in total. The van der Waals surface area contributed by atoms with E-state index in [1.54, 1.807) is 0 Å². The second-order valence-corrected chi connectivity index (χ2v) is 5.24. The molecule has 1 aromatic rings. The zero-order valence-electron chi connectivity index (χ0n) is 9.36. The van der Waals surface area contributed by atoms with Gasteiger partial charge in [-0.05, 0) is 29.7 Å². The Labute approximate surface area is 109 Å². The zero-order valence-corrected chi connectivity index (χ0v) is 10.9. The molecule has 2 aliphatic rings. The Hall–Kier alpha value is -1.35. The van der Waals surface area contributed by atoms with Gasteiger partial charge in [-0.25, -0.2) is 0 Å². The summed E-state index contributed by atoms with van der Waals surface area (Å²) in [6.07, 6.45) is 8.43. The predicted molar refractivity (Wildman–Crippen MR) is 73.9 cm³/mol. The molecule has 0 fully saturated rings. The fourth-order valence-electron chi connectivity index (χ4n) is 2.19. The van der Waals surface area contributed by atoms with Gasteiger partial charge in [-0.3, -0.25) is 0 Å². The first-order valence-corrected chi connectivity index (χ1v) is 6.56. The van der Waals surface area contributed by atoms with Crippen molar-refractivity contribution in [2.45, 2.75) is 18.9 Å². The maximum absolute atomic E-state index is 4.44. The van der Waals surface area contributed by atoms with Gasteiger partial charge in [0.05, 0.1) is 11.8 Å². The molecule has 0 saturated heterocycles. The molecule has 1 unspecified atom stereocenters. The summed E-state index contributed by atoms with van der Waals surface area (Å²) in [4.78, 5) is 0. The van der Waals surface area contributed by atoms with Gasteiger partial charge in [0.2, 0.25) is 0 Å². The topological polar surface area (TPSA) is 24.4 Å². The van der Waals surface area contributed by atoms with Crippen molar-refractivity contribution in [1.29, 1.82) is 0 Å². The summed E-state index contributed by atoms with van der Waals surface area (Å²) < 4.78 is 1.11. The van der Waals surface area contributed by atoms with Gasteiger partial charge in [-0.2, -0.15) is 5.10 Å². The third-order valence-electron chi connectivity index (χ3n) is 3.17. The number of nitrogens with zero attached hydrogens (tertiary/aromatic N) is 1. The molecular weight excluding hydrogens is 276 g/mol. The molecule has 1 aliphatic carbocycles. The number of hydrazone groups is 1. The minimum atomic E-state index is 0.319. The first-order chi connectivity index (χ1) is 8.33. The van der Waals surface area contributed by atoms with Crippen molar-refractivity contribution in [2.24, 2.45) is 5.10 Å². The molecule has 2 nitrogen and oxygen atoms in total. The van der Waals surface area contributed by atoms with Crippen LogP contribution in [0.5, 0.6) is 0 Å². The number of nitrogens with one attached hydrogen (secondary N) is 1. The van der Waals surface area contributed by atoms with E-state index in [9.17, 15) is 0 Å². The molecule has 1 aliphatic heterocycles. The highest BCUT2D eigenvalue weighted by Gasteiger charge is 2.22. The van der Waals surface area contributed by atoms with E-state index in [2.05, 4.69) is 69.0 Å². The van der Waals surface area contributed by atoms with Crippen LogP contribution >= 0.6 is 15.9 Å². The fourth-order valence-corrected chi connectivity index (χ4v) is 2.46. The summed E-state index contributed by atoms with van der Waals surface area (Å²) >= 11 is 3.45. The maximum Gasteiger partial charge on any atom is 0.0745 e. The van der Waals surface area contributed by atoms with Gasteiger partial charge in [-0.1, -0.05) is 46.3 Å². The molecule has 0 bridgehead atoms. The van der Waals surface area contributed by atoms with Crippen LogP contribution in [0.2, 0.25) is 0 Å². The third kappa shape index (κ3) is 2.20. The van der Waals surface area contributed by atoms with Crippen molar-refractivity contribution >= 4 is 21.6 Å². The van der Waals surface area contributed by atoms with Gasteiger partial charge in [0, 0.05) is 10.9 Å². The Bertz CT molecular complexity index is 512. The van der Waals surface area contributed by atoms with Crippen molar-refractivity contribution in [3.8, 4) is 0 Å². The monoisotopic (exact) mass is 288 g/mol. The Morgan fingerprint density at radius 2 is 2.06 bits per heavy atom. The normalized spacial score (nSPS) is 22.3. The van der Waals surface area contributed by atoms with Crippen LogP contribution in [0.25, 0.3) is 0 Å². The number of hydrogen-bond acceptors (Lipinski definition) is 2. The highest BCUT2D eigenvalue weighted by Crippen LogP contribution is 2.27. The standard InChI is InChI=1S/C14H13BrN2/c15-12-7-5-11(6-8-12)14-9-13(16-17-14)10-3-1-2-4-10/h1-3,5-8,14,17H,4,9H2. The van der Waals surface area contributed by atoms with Crippen molar-refractivity contribution < 1.29 is 0 Å². The maximum atomic E-state index is 4.44. The summed E-state index contributed by atoms with van der Waals surface area (Å²) in [5, 5.41) is 4.44. The van der Waals surface area contributed by atoms with E-state index < -0.39 is 0 Å². The summed E-state index contributed by atoms with van der Waals surface area (Å²) in [5.41, 5.74) is 7.06. The minimum Gasteiger partial charge on any atom is -0.302 e. The van der Waals surface area contributed by atoms with Crippen molar-refractivity contribution in [3.05, 3.63) is 58.1 Å². The first-order valence-electron chi connectivity index (χ1n) is 5.76. The average molecular weight is 289 g/mol. The van der Waals surface area contributed by atoms with Crippen LogP contribution in [0, 0.1) is 0 Å². The van der Waals surface area contributed by atoms with Crippen LogP contribution in [0.15, 0.2) is 57.6 Å². The molecule has 3 heteroatoms. The molecule has 86 valence electrons. The van der Waals surface area contributed by atoms with Crippen molar-refractivity contribution in [3.63, 3.8) is 0 Å². The van der Waals surface area contributed by atoms with E-state index in [4.69, 9.17) is 0 Å². The van der Waals surface area contributed by atoms with E-state index in [-0.39, 0.29) is 0 Å². The number of hydrogen-bond donors (Lipinski definition) is 1. The van der Waals surface area contributed by atoms with Crippen molar-refractivity contribution in [1.82, 2.24) is 5.43 Å². The average Bonchev–Trinajstić information content (AvgIpc) is 3.00. The van der Waals surface area contributed by atoms with Crippen LogP contribution in [0.3, 0.4) is 0 Å². The lowest BCUT2D eigenvalue weighted by Gasteiger charge is -2.10. The molecule has 3 rings (SSSR count). The largest absolute Gasteiger partial charge is 0.302 e.